The highest BCUT2D eigenvalue weighted by Gasteiger charge is 2.19. The summed E-state index contributed by atoms with van der Waals surface area (Å²) in [6.07, 6.45) is 2.22. The number of benzene rings is 1. The maximum atomic E-state index is 11.2. The third-order valence-corrected chi connectivity index (χ3v) is 2.48. The molecule has 3 nitrogen and oxygen atoms in total. The third kappa shape index (κ3) is 0.923. The highest BCUT2D eigenvalue weighted by atomic mass is 16.1. The summed E-state index contributed by atoms with van der Waals surface area (Å²) in [5, 5.41) is 3.90. The van der Waals surface area contributed by atoms with Gasteiger partial charge in [0.1, 0.15) is 0 Å². The Labute approximate surface area is 80.8 Å². The van der Waals surface area contributed by atoms with Gasteiger partial charge in [-0.1, -0.05) is 18.2 Å². The molecule has 0 radical (unpaired) electrons. The van der Waals surface area contributed by atoms with Gasteiger partial charge >= 0.3 is 0 Å². The van der Waals surface area contributed by atoms with Crippen LogP contribution in [0.2, 0.25) is 0 Å². The largest absolute Gasteiger partial charge is 0.324 e. The average molecular weight is 184 g/mol. The summed E-state index contributed by atoms with van der Waals surface area (Å²) in [6.45, 7) is 0. The van der Waals surface area contributed by atoms with Crippen molar-refractivity contribution in [2.45, 2.75) is 6.42 Å². The van der Waals surface area contributed by atoms with Gasteiger partial charge in [0.2, 0.25) is 5.91 Å². The molecular weight excluding hydrogens is 176 g/mol. The summed E-state index contributed by atoms with van der Waals surface area (Å²) in [6, 6.07) is 7.87. The summed E-state index contributed by atoms with van der Waals surface area (Å²) < 4.78 is 0. The predicted octanol–water partition coefficient (Wildman–Crippen LogP) is 1.73. The molecule has 1 aliphatic rings. The van der Waals surface area contributed by atoms with Crippen LogP contribution in [0.1, 0.15) is 5.56 Å². The van der Waals surface area contributed by atoms with Crippen LogP contribution < -0.4 is 5.32 Å². The number of carbonyl (C=O) groups excluding carboxylic acids is 1. The molecule has 2 heterocycles. The van der Waals surface area contributed by atoms with Gasteiger partial charge in [-0.05, 0) is 11.6 Å². The fourth-order valence-electron chi connectivity index (χ4n) is 1.83. The minimum absolute atomic E-state index is 0.0538. The minimum Gasteiger partial charge on any atom is -0.324 e. The number of amides is 1. The van der Waals surface area contributed by atoms with Crippen LogP contribution in [0, 0.1) is 0 Å². The van der Waals surface area contributed by atoms with Crippen molar-refractivity contribution in [1.29, 1.82) is 0 Å². The summed E-state index contributed by atoms with van der Waals surface area (Å²) >= 11 is 0. The van der Waals surface area contributed by atoms with Gasteiger partial charge in [-0.3, -0.25) is 9.78 Å². The van der Waals surface area contributed by atoms with Crippen molar-refractivity contribution in [3.8, 4) is 0 Å². The Morgan fingerprint density at radius 1 is 1.29 bits per heavy atom. The molecule has 0 bridgehead atoms. The Hall–Kier alpha value is -1.90. The van der Waals surface area contributed by atoms with Crippen molar-refractivity contribution in [2.24, 2.45) is 0 Å². The number of anilines is 1. The number of carbonyl (C=O) groups is 1. The van der Waals surface area contributed by atoms with E-state index in [4.69, 9.17) is 0 Å². The van der Waals surface area contributed by atoms with E-state index < -0.39 is 0 Å². The number of fused-ring (bicyclic) bond motifs is 3. The molecule has 14 heavy (non-hydrogen) atoms. The Morgan fingerprint density at radius 3 is 3.14 bits per heavy atom. The first-order valence-electron chi connectivity index (χ1n) is 4.51. The van der Waals surface area contributed by atoms with E-state index in [9.17, 15) is 4.79 Å². The molecule has 1 aliphatic heterocycles. The van der Waals surface area contributed by atoms with E-state index in [0.717, 1.165) is 22.2 Å². The van der Waals surface area contributed by atoms with Gasteiger partial charge in [-0.15, -0.1) is 0 Å². The molecule has 0 atom stereocenters. The lowest BCUT2D eigenvalue weighted by Gasteiger charge is -2.02. The van der Waals surface area contributed by atoms with Gasteiger partial charge in [0.15, 0.2) is 0 Å². The molecular formula is C11H8N2O. The highest BCUT2D eigenvalue weighted by molar-refractivity contribution is 6.07. The molecule has 0 fully saturated rings. The zero-order valence-corrected chi connectivity index (χ0v) is 7.45. The molecule has 0 saturated carbocycles. The van der Waals surface area contributed by atoms with Gasteiger partial charge in [-0.25, -0.2) is 0 Å². The van der Waals surface area contributed by atoms with E-state index in [1.165, 1.54) is 0 Å². The molecule has 0 aliphatic carbocycles. The number of pyridine rings is 1. The standard InChI is InChI=1S/C11H8N2O/c14-9-6-8-4-3-7-2-1-5-12-10(7)11(8)13-9/h1-5H,6H2,(H,13,14). The van der Waals surface area contributed by atoms with Crippen molar-refractivity contribution in [3.05, 3.63) is 36.0 Å². The van der Waals surface area contributed by atoms with Gasteiger partial charge in [-0.2, -0.15) is 0 Å². The van der Waals surface area contributed by atoms with Gasteiger partial charge < -0.3 is 5.32 Å². The second kappa shape index (κ2) is 2.54. The van der Waals surface area contributed by atoms with Crippen molar-refractivity contribution < 1.29 is 4.79 Å². The van der Waals surface area contributed by atoms with E-state index in [1.807, 2.05) is 24.3 Å². The van der Waals surface area contributed by atoms with Gasteiger partial charge in [0, 0.05) is 11.6 Å². The molecule has 1 N–H and O–H groups in total. The first-order chi connectivity index (χ1) is 6.84. The lowest BCUT2D eigenvalue weighted by Crippen LogP contribution is -2.04. The summed E-state index contributed by atoms with van der Waals surface area (Å²) in [5.74, 6) is 0.0538. The fourth-order valence-corrected chi connectivity index (χ4v) is 1.83. The van der Waals surface area contributed by atoms with Crippen LogP contribution >= 0.6 is 0 Å². The lowest BCUT2D eigenvalue weighted by atomic mass is 10.1. The smallest absolute Gasteiger partial charge is 0.228 e. The quantitative estimate of drug-likeness (QED) is 0.677. The van der Waals surface area contributed by atoms with Gasteiger partial charge in [0.25, 0.3) is 0 Å². The number of nitrogens with zero attached hydrogens (tertiary/aromatic N) is 1. The third-order valence-electron chi connectivity index (χ3n) is 2.48. The Morgan fingerprint density at radius 2 is 2.21 bits per heavy atom. The minimum atomic E-state index is 0.0538. The van der Waals surface area contributed by atoms with Crippen molar-refractivity contribution in [1.82, 2.24) is 4.98 Å². The molecule has 0 spiro atoms. The molecule has 0 saturated heterocycles. The highest BCUT2D eigenvalue weighted by Crippen LogP contribution is 2.29. The van der Waals surface area contributed by atoms with Crippen LogP contribution in [0.5, 0.6) is 0 Å². The average Bonchev–Trinajstić information content (AvgIpc) is 2.59. The van der Waals surface area contributed by atoms with Crippen molar-refractivity contribution in [2.75, 3.05) is 5.32 Å². The molecule has 1 amide bonds. The normalized spacial score (nSPS) is 14.1. The second-order valence-electron chi connectivity index (χ2n) is 3.40. The molecule has 2 aromatic rings. The topological polar surface area (TPSA) is 42.0 Å². The molecule has 0 unspecified atom stereocenters. The number of rotatable bonds is 0. The Bertz CT molecular complexity index is 534. The van der Waals surface area contributed by atoms with Crippen LogP contribution in [-0.4, -0.2) is 10.9 Å². The first-order valence-corrected chi connectivity index (χ1v) is 4.51. The van der Waals surface area contributed by atoms with E-state index >= 15 is 0 Å². The van der Waals surface area contributed by atoms with Crippen LogP contribution in [0.25, 0.3) is 10.9 Å². The van der Waals surface area contributed by atoms with Crippen molar-refractivity contribution in [3.63, 3.8) is 0 Å². The van der Waals surface area contributed by atoms with E-state index in [0.29, 0.717) is 6.42 Å². The number of hydrogen-bond acceptors (Lipinski definition) is 2. The van der Waals surface area contributed by atoms with Crippen LogP contribution in [0.15, 0.2) is 30.5 Å². The maximum absolute atomic E-state index is 11.2. The SMILES string of the molecule is O=C1Cc2ccc3cccnc3c2N1. The molecule has 68 valence electrons. The van der Waals surface area contributed by atoms with Crippen LogP contribution in [-0.2, 0) is 11.2 Å². The van der Waals surface area contributed by atoms with Crippen LogP contribution in [0.3, 0.4) is 0 Å². The maximum Gasteiger partial charge on any atom is 0.228 e. The van der Waals surface area contributed by atoms with E-state index in [2.05, 4.69) is 10.3 Å². The zero-order chi connectivity index (χ0) is 9.54. The van der Waals surface area contributed by atoms with Gasteiger partial charge in [0.05, 0.1) is 17.6 Å². The molecule has 1 aromatic heterocycles. The molecule has 3 rings (SSSR count). The predicted molar refractivity (Wildman–Crippen MR) is 54.1 cm³/mol. The Balaban J connectivity index is 2.39. The number of hydrogen-bond donors (Lipinski definition) is 1. The first kappa shape index (κ1) is 7.50. The van der Waals surface area contributed by atoms with Crippen molar-refractivity contribution >= 4 is 22.5 Å². The van der Waals surface area contributed by atoms with E-state index in [1.54, 1.807) is 6.20 Å². The fraction of sp³-hybridized carbons (Fsp3) is 0.0909. The summed E-state index contributed by atoms with van der Waals surface area (Å²) in [4.78, 5) is 15.5. The summed E-state index contributed by atoms with van der Waals surface area (Å²) in [5.41, 5.74) is 2.81. The van der Waals surface area contributed by atoms with Crippen LogP contribution in [0.4, 0.5) is 5.69 Å². The zero-order valence-electron chi connectivity index (χ0n) is 7.45. The summed E-state index contributed by atoms with van der Waals surface area (Å²) in [7, 11) is 0. The number of nitrogens with one attached hydrogen (secondary N) is 1. The lowest BCUT2D eigenvalue weighted by molar-refractivity contribution is -0.115. The second-order valence-corrected chi connectivity index (χ2v) is 3.40. The Kier molecular flexibility index (Phi) is 1.36. The number of aromatic nitrogens is 1. The molecule has 3 heteroatoms. The molecule has 1 aromatic carbocycles. The monoisotopic (exact) mass is 184 g/mol. The van der Waals surface area contributed by atoms with E-state index in [-0.39, 0.29) is 5.91 Å².